The number of nitriles is 1. The van der Waals surface area contributed by atoms with Crippen molar-refractivity contribution in [2.24, 2.45) is 0 Å². The van der Waals surface area contributed by atoms with Crippen molar-refractivity contribution in [2.45, 2.75) is 6.92 Å². The first-order chi connectivity index (χ1) is 8.13. The minimum absolute atomic E-state index is 0.0487. The third kappa shape index (κ3) is 1.83. The van der Waals surface area contributed by atoms with Gasteiger partial charge in [0.05, 0.1) is 4.92 Å². The van der Waals surface area contributed by atoms with Gasteiger partial charge in [0.25, 0.3) is 5.69 Å². The van der Waals surface area contributed by atoms with Gasteiger partial charge in [0.1, 0.15) is 18.1 Å². The molecule has 0 saturated carbocycles. The number of pyridine rings is 1. The average Bonchev–Trinajstić information content (AvgIpc) is 2.76. The molecular formula is C10H7N5O2. The highest BCUT2D eigenvalue weighted by Crippen LogP contribution is 2.18. The van der Waals surface area contributed by atoms with E-state index in [9.17, 15) is 10.1 Å². The molecule has 0 radical (unpaired) electrons. The van der Waals surface area contributed by atoms with Crippen LogP contribution >= 0.6 is 0 Å². The summed E-state index contributed by atoms with van der Waals surface area (Å²) in [7, 11) is 0. The third-order valence-corrected chi connectivity index (χ3v) is 2.25. The monoisotopic (exact) mass is 229 g/mol. The highest BCUT2D eigenvalue weighted by molar-refractivity contribution is 5.42. The van der Waals surface area contributed by atoms with Crippen molar-refractivity contribution < 1.29 is 4.92 Å². The van der Waals surface area contributed by atoms with Gasteiger partial charge in [-0.2, -0.15) is 5.26 Å². The molecule has 0 aliphatic heterocycles. The lowest BCUT2D eigenvalue weighted by Gasteiger charge is -2.03. The summed E-state index contributed by atoms with van der Waals surface area (Å²) in [6, 6.07) is 3.45. The second-order valence-electron chi connectivity index (χ2n) is 3.32. The zero-order chi connectivity index (χ0) is 12.4. The van der Waals surface area contributed by atoms with Crippen molar-refractivity contribution >= 4 is 5.69 Å². The molecule has 0 saturated heterocycles. The van der Waals surface area contributed by atoms with E-state index in [4.69, 9.17) is 5.26 Å². The van der Waals surface area contributed by atoms with E-state index in [-0.39, 0.29) is 11.5 Å². The highest BCUT2D eigenvalue weighted by atomic mass is 16.6. The smallest absolute Gasteiger partial charge is 0.275 e. The quantitative estimate of drug-likeness (QED) is 0.571. The molecule has 2 aromatic heterocycles. The lowest BCUT2D eigenvalue weighted by molar-refractivity contribution is -0.385. The molecule has 0 N–H and O–H groups in total. The Morgan fingerprint density at radius 2 is 2.29 bits per heavy atom. The number of aromatic nitrogens is 3. The van der Waals surface area contributed by atoms with Crippen LogP contribution in [0.3, 0.4) is 0 Å². The minimum Gasteiger partial charge on any atom is -0.275 e. The Kier molecular flexibility index (Phi) is 2.54. The molecule has 2 aromatic rings. The number of aryl methyl sites for hydroxylation is 1. The van der Waals surface area contributed by atoms with E-state index in [0.717, 1.165) is 0 Å². The molecule has 7 heteroatoms. The molecule has 0 spiro atoms. The summed E-state index contributed by atoms with van der Waals surface area (Å²) in [5, 5.41) is 19.4. The topological polar surface area (TPSA) is 97.6 Å². The van der Waals surface area contributed by atoms with Gasteiger partial charge in [-0.05, 0) is 13.0 Å². The maximum absolute atomic E-state index is 10.6. The van der Waals surface area contributed by atoms with Gasteiger partial charge < -0.3 is 0 Å². The Balaban J connectivity index is 2.53. The van der Waals surface area contributed by atoms with E-state index in [0.29, 0.717) is 11.4 Å². The molecular weight excluding hydrogens is 222 g/mol. The molecule has 0 aromatic carbocycles. The van der Waals surface area contributed by atoms with E-state index >= 15 is 0 Å². The number of nitrogens with zero attached hydrogens (tertiary/aromatic N) is 5. The Morgan fingerprint density at radius 1 is 1.53 bits per heavy atom. The Labute approximate surface area is 96.1 Å². The molecule has 84 valence electrons. The van der Waals surface area contributed by atoms with Gasteiger partial charge in [0.15, 0.2) is 0 Å². The van der Waals surface area contributed by atoms with Crippen molar-refractivity contribution in [2.75, 3.05) is 0 Å². The largest absolute Gasteiger partial charge is 0.290 e. The fourth-order valence-electron chi connectivity index (χ4n) is 1.43. The molecule has 0 aliphatic carbocycles. The molecule has 2 rings (SSSR count). The molecule has 0 unspecified atom stereocenters. The van der Waals surface area contributed by atoms with Crippen LogP contribution in [0.5, 0.6) is 0 Å². The zero-order valence-electron chi connectivity index (χ0n) is 8.86. The van der Waals surface area contributed by atoms with E-state index in [1.165, 1.54) is 17.0 Å². The summed E-state index contributed by atoms with van der Waals surface area (Å²) >= 11 is 0. The predicted molar refractivity (Wildman–Crippen MR) is 57.5 cm³/mol. The predicted octanol–water partition coefficient (Wildman–Crippen LogP) is 1.36. The summed E-state index contributed by atoms with van der Waals surface area (Å²) in [5.74, 6) is 0.618. The van der Waals surface area contributed by atoms with Gasteiger partial charge in [0.2, 0.25) is 5.82 Å². The SMILES string of the molecule is Cc1cc(-n2ccnc2C#N)ncc1[N+](=O)[O-]. The first-order valence-corrected chi connectivity index (χ1v) is 4.68. The number of hydrogen-bond acceptors (Lipinski definition) is 5. The van der Waals surface area contributed by atoms with Crippen LogP contribution in [0.25, 0.3) is 5.82 Å². The summed E-state index contributed by atoms with van der Waals surface area (Å²) in [4.78, 5) is 17.9. The summed E-state index contributed by atoms with van der Waals surface area (Å²) in [5.41, 5.74) is 0.435. The number of hydrogen-bond donors (Lipinski definition) is 0. The van der Waals surface area contributed by atoms with E-state index in [2.05, 4.69) is 9.97 Å². The molecule has 7 nitrogen and oxygen atoms in total. The van der Waals surface area contributed by atoms with Crippen LogP contribution in [-0.2, 0) is 0 Å². The molecule has 0 amide bonds. The maximum Gasteiger partial charge on any atom is 0.290 e. The molecule has 0 bridgehead atoms. The van der Waals surface area contributed by atoms with Crippen molar-refractivity contribution in [1.82, 2.24) is 14.5 Å². The van der Waals surface area contributed by atoms with Crippen molar-refractivity contribution in [3.05, 3.63) is 46.2 Å². The fourth-order valence-corrected chi connectivity index (χ4v) is 1.43. The van der Waals surface area contributed by atoms with Crippen molar-refractivity contribution in [1.29, 1.82) is 5.26 Å². The molecule has 0 atom stereocenters. The average molecular weight is 229 g/mol. The second kappa shape index (κ2) is 4.02. The lowest BCUT2D eigenvalue weighted by atomic mass is 10.2. The van der Waals surface area contributed by atoms with E-state index in [1.54, 1.807) is 19.2 Å². The number of rotatable bonds is 2. The highest BCUT2D eigenvalue weighted by Gasteiger charge is 2.13. The van der Waals surface area contributed by atoms with Crippen LogP contribution in [0, 0.1) is 28.4 Å². The summed E-state index contributed by atoms with van der Waals surface area (Å²) in [6.45, 7) is 1.62. The van der Waals surface area contributed by atoms with Gasteiger partial charge in [0, 0.05) is 18.0 Å². The van der Waals surface area contributed by atoms with Crippen LogP contribution in [0.1, 0.15) is 11.4 Å². The Morgan fingerprint density at radius 3 is 2.88 bits per heavy atom. The molecule has 0 aliphatic rings. The summed E-state index contributed by atoms with van der Waals surface area (Å²) < 4.78 is 1.47. The molecule has 0 fully saturated rings. The fraction of sp³-hybridized carbons (Fsp3) is 0.100. The van der Waals surface area contributed by atoms with Gasteiger partial charge in [-0.1, -0.05) is 0 Å². The van der Waals surface area contributed by atoms with Crippen LogP contribution < -0.4 is 0 Å². The lowest BCUT2D eigenvalue weighted by Crippen LogP contribution is -2.01. The first kappa shape index (κ1) is 10.8. The number of imidazole rings is 1. The number of nitro groups is 1. The Hall–Kier alpha value is -2.75. The maximum atomic E-state index is 10.6. The van der Waals surface area contributed by atoms with Gasteiger partial charge in [-0.3, -0.25) is 14.7 Å². The first-order valence-electron chi connectivity index (χ1n) is 4.68. The van der Waals surface area contributed by atoms with Crippen LogP contribution in [0.15, 0.2) is 24.7 Å². The van der Waals surface area contributed by atoms with Crippen LogP contribution in [-0.4, -0.2) is 19.5 Å². The van der Waals surface area contributed by atoms with Crippen LogP contribution in [0.2, 0.25) is 0 Å². The van der Waals surface area contributed by atoms with Gasteiger partial charge in [-0.15, -0.1) is 0 Å². The Bertz CT molecular complexity index is 626. The second-order valence-corrected chi connectivity index (χ2v) is 3.32. The standard InChI is InChI=1S/C10H7N5O2/c1-7-4-9(13-6-8(7)15(16)17)14-3-2-12-10(14)5-11/h2-4,6H,1H3. The van der Waals surface area contributed by atoms with Crippen LogP contribution in [0.4, 0.5) is 5.69 Å². The van der Waals surface area contributed by atoms with E-state index in [1.807, 2.05) is 6.07 Å². The van der Waals surface area contributed by atoms with Crippen molar-refractivity contribution in [3.8, 4) is 11.9 Å². The summed E-state index contributed by atoms with van der Waals surface area (Å²) in [6.07, 6.45) is 4.22. The third-order valence-electron chi connectivity index (χ3n) is 2.25. The normalized spacial score (nSPS) is 9.88. The zero-order valence-corrected chi connectivity index (χ0v) is 8.86. The van der Waals surface area contributed by atoms with Crippen molar-refractivity contribution in [3.63, 3.8) is 0 Å². The molecule has 2 heterocycles. The molecule has 17 heavy (non-hydrogen) atoms. The van der Waals surface area contributed by atoms with E-state index < -0.39 is 4.92 Å². The van der Waals surface area contributed by atoms with Gasteiger partial charge >= 0.3 is 0 Å². The minimum atomic E-state index is -0.495. The van der Waals surface area contributed by atoms with Gasteiger partial charge in [-0.25, -0.2) is 9.97 Å².